The fourth-order valence-corrected chi connectivity index (χ4v) is 6.91. The van der Waals surface area contributed by atoms with E-state index in [1.54, 1.807) is 4.57 Å². The van der Waals surface area contributed by atoms with Gasteiger partial charge >= 0.3 is 0 Å². The van der Waals surface area contributed by atoms with Gasteiger partial charge in [0, 0.05) is 25.8 Å². The van der Waals surface area contributed by atoms with Crippen molar-refractivity contribution in [2.24, 2.45) is 17.8 Å². The molecule has 5 atom stereocenters. The van der Waals surface area contributed by atoms with Crippen LogP contribution in [0.2, 0.25) is 0 Å². The fraction of sp³-hybridized carbons (Fsp3) is 0.615. The molecular formula is C26H35N5O3S. The van der Waals surface area contributed by atoms with Gasteiger partial charge in [-0.1, -0.05) is 30.3 Å². The van der Waals surface area contributed by atoms with Gasteiger partial charge in [0.1, 0.15) is 0 Å². The highest BCUT2D eigenvalue weighted by Crippen LogP contribution is 2.49. The Hall–Kier alpha value is -2.39. The second-order valence-corrected chi connectivity index (χ2v) is 11.3. The van der Waals surface area contributed by atoms with Crippen molar-refractivity contribution < 1.29 is 9.53 Å². The summed E-state index contributed by atoms with van der Waals surface area (Å²) < 4.78 is 9.03. The first-order valence-electron chi connectivity index (χ1n) is 12.9. The summed E-state index contributed by atoms with van der Waals surface area (Å²) in [6, 6.07) is 7.70. The van der Waals surface area contributed by atoms with Crippen LogP contribution in [0.15, 0.2) is 34.2 Å². The zero-order valence-corrected chi connectivity index (χ0v) is 21.6. The lowest BCUT2D eigenvalue weighted by Crippen LogP contribution is -2.43. The van der Waals surface area contributed by atoms with E-state index in [0.29, 0.717) is 48.4 Å². The third-order valence-electron chi connectivity index (χ3n) is 7.81. The molecule has 0 aliphatic heterocycles. The van der Waals surface area contributed by atoms with Crippen molar-refractivity contribution in [1.82, 2.24) is 24.5 Å². The van der Waals surface area contributed by atoms with Crippen LogP contribution in [0.4, 0.5) is 0 Å². The maximum absolute atomic E-state index is 13.2. The van der Waals surface area contributed by atoms with Gasteiger partial charge in [0.15, 0.2) is 5.16 Å². The van der Waals surface area contributed by atoms with Crippen LogP contribution in [-0.4, -0.2) is 49.6 Å². The minimum Gasteiger partial charge on any atom is -0.382 e. The van der Waals surface area contributed by atoms with E-state index in [0.717, 1.165) is 17.4 Å². The standard InChI is InChI=1S/C26H35N5O3S/c1-4-34-13-7-12-30-24(33)20-8-5-6-9-22(20)31-25(30)28-29-26(31)35-17(3)23(32)27-16(2)21-15-18-10-11-19(21)14-18/h5-6,8-9,16-19,21H,4,7,10-15H2,1-3H3,(H,27,32). The van der Waals surface area contributed by atoms with Crippen LogP contribution in [0.25, 0.3) is 16.7 Å². The molecule has 0 radical (unpaired) electrons. The molecule has 8 nitrogen and oxygen atoms in total. The molecule has 2 bridgehead atoms. The average Bonchev–Trinajstić information content (AvgIpc) is 3.60. The van der Waals surface area contributed by atoms with Gasteiger partial charge < -0.3 is 10.1 Å². The zero-order valence-electron chi connectivity index (χ0n) is 20.8. The number of hydrogen-bond acceptors (Lipinski definition) is 6. The van der Waals surface area contributed by atoms with Crippen LogP contribution in [0.5, 0.6) is 0 Å². The van der Waals surface area contributed by atoms with Crippen molar-refractivity contribution in [2.45, 2.75) is 75.9 Å². The van der Waals surface area contributed by atoms with Crippen LogP contribution in [-0.2, 0) is 16.1 Å². The molecule has 3 aromatic rings. The summed E-state index contributed by atoms with van der Waals surface area (Å²) in [5, 5.41) is 13.0. The largest absolute Gasteiger partial charge is 0.382 e. The first-order chi connectivity index (χ1) is 17.0. The van der Waals surface area contributed by atoms with Crippen LogP contribution in [0.1, 0.15) is 52.9 Å². The highest BCUT2D eigenvalue weighted by molar-refractivity contribution is 8.00. The summed E-state index contributed by atoms with van der Waals surface area (Å²) in [5.74, 6) is 2.74. The lowest BCUT2D eigenvalue weighted by atomic mass is 9.84. The van der Waals surface area contributed by atoms with Gasteiger partial charge in [0.05, 0.1) is 16.2 Å². The normalized spacial score (nSPS) is 23.2. The number of hydrogen-bond donors (Lipinski definition) is 1. The maximum atomic E-state index is 13.2. The Kier molecular flexibility index (Phi) is 7.16. The van der Waals surface area contributed by atoms with E-state index in [4.69, 9.17) is 4.74 Å². The molecule has 2 aliphatic carbocycles. The van der Waals surface area contributed by atoms with Crippen LogP contribution < -0.4 is 10.9 Å². The molecule has 0 spiro atoms. The predicted octanol–water partition coefficient (Wildman–Crippen LogP) is 3.89. The van der Waals surface area contributed by atoms with E-state index in [2.05, 4.69) is 22.4 Å². The summed E-state index contributed by atoms with van der Waals surface area (Å²) in [7, 11) is 0. The molecule has 9 heteroatoms. The number of carbonyl (C=O) groups is 1. The van der Waals surface area contributed by atoms with Crippen molar-refractivity contribution in [2.75, 3.05) is 13.2 Å². The van der Waals surface area contributed by atoms with Crippen molar-refractivity contribution in [3.63, 3.8) is 0 Å². The predicted molar refractivity (Wildman–Crippen MR) is 138 cm³/mol. The number of para-hydroxylation sites is 1. The molecule has 1 aromatic carbocycles. The van der Waals surface area contributed by atoms with E-state index in [1.807, 2.05) is 42.5 Å². The molecule has 1 amide bonds. The summed E-state index contributed by atoms with van der Waals surface area (Å²) >= 11 is 1.39. The Balaban J connectivity index is 1.37. The topological polar surface area (TPSA) is 90.5 Å². The molecule has 2 aromatic heterocycles. The number of ether oxygens (including phenoxy) is 1. The lowest BCUT2D eigenvalue weighted by molar-refractivity contribution is -0.121. The summed E-state index contributed by atoms with van der Waals surface area (Å²) in [6.45, 7) is 7.74. The highest BCUT2D eigenvalue weighted by atomic mass is 32.2. The van der Waals surface area contributed by atoms with Crippen molar-refractivity contribution in [3.05, 3.63) is 34.6 Å². The Morgan fingerprint density at radius 1 is 1.23 bits per heavy atom. The average molecular weight is 498 g/mol. The van der Waals surface area contributed by atoms with Gasteiger partial charge in [-0.15, -0.1) is 10.2 Å². The molecule has 188 valence electrons. The Bertz CT molecular complexity index is 1270. The van der Waals surface area contributed by atoms with Crippen molar-refractivity contribution in [1.29, 1.82) is 0 Å². The van der Waals surface area contributed by atoms with Gasteiger partial charge in [0.2, 0.25) is 11.7 Å². The van der Waals surface area contributed by atoms with E-state index in [-0.39, 0.29) is 22.8 Å². The molecule has 2 fully saturated rings. The number of aryl methyl sites for hydroxylation is 1. The molecule has 1 N–H and O–H groups in total. The van der Waals surface area contributed by atoms with E-state index >= 15 is 0 Å². The van der Waals surface area contributed by atoms with E-state index < -0.39 is 0 Å². The van der Waals surface area contributed by atoms with Crippen LogP contribution in [0, 0.1) is 17.8 Å². The minimum absolute atomic E-state index is 0.0244. The van der Waals surface area contributed by atoms with Crippen LogP contribution >= 0.6 is 11.8 Å². The number of thioether (sulfide) groups is 1. The van der Waals surface area contributed by atoms with Gasteiger partial charge in [0.25, 0.3) is 5.56 Å². The van der Waals surface area contributed by atoms with E-state index in [9.17, 15) is 9.59 Å². The Morgan fingerprint density at radius 2 is 2.06 bits per heavy atom. The summed E-state index contributed by atoms with van der Waals surface area (Å²) in [4.78, 5) is 26.3. The van der Waals surface area contributed by atoms with Crippen molar-refractivity contribution in [3.8, 4) is 0 Å². The number of rotatable bonds is 10. The maximum Gasteiger partial charge on any atom is 0.262 e. The van der Waals surface area contributed by atoms with E-state index in [1.165, 1.54) is 37.4 Å². The smallest absolute Gasteiger partial charge is 0.262 e. The number of amides is 1. The quantitative estimate of drug-likeness (QED) is 0.338. The first-order valence-corrected chi connectivity index (χ1v) is 13.8. The number of aromatic nitrogens is 4. The molecule has 2 saturated carbocycles. The molecule has 5 rings (SSSR count). The lowest BCUT2D eigenvalue weighted by Gasteiger charge is -2.29. The molecule has 35 heavy (non-hydrogen) atoms. The molecule has 2 aliphatic rings. The second kappa shape index (κ2) is 10.3. The Morgan fingerprint density at radius 3 is 2.80 bits per heavy atom. The number of benzene rings is 1. The summed E-state index contributed by atoms with van der Waals surface area (Å²) in [5.41, 5.74) is 0.669. The Labute approximate surface area is 209 Å². The summed E-state index contributed by atoms with van der Waals surface area (Å²) in [6.07, 6.45) is 5.95. The van der Waals surface area contributed by atoms with Crippen LogP contribution in [0.3, 0.4) is 0 Å². The second-order valence-electron chi connectivity index (χ2n) is 10.0. The zero-order chi connectivity index (χ0) is 24.5. The number of nitrogens with zero attached hydrogens (tertiary/aromatic N) is 4. The number of nitrogens with one attached hydrogen (secondary N) is 1. The SMILES string of the molecule is CCOCCCn1c(=O)c2ccccc2n2c(SC(C)C(=O)NC(C)C3CC4CCC3C4)nnc12. The molecule has 0 saturated heterocycles. The highest BCUT2D eigenvalue weighted by Gasteiger charge is 2.42. The van der Waals surface area contributed by atoms with Gasteiger partial charge in [-0.3, -0.25) is 18.6 Å². The third-order valence-corrected chi connectivity index (χ3v) is 8.85. The van der Waals surface area contributed by atoms with Gasteiger partial charge in [-0.2, -0.15) is 0 Å². The first kappa shape index (κ1) is 24.3. The van der Waals surface area contributed by atoms with Gasteiger partial charge in [-0.05, 0) is 76.3 Å². The molecule has 2 heterocycles. The molecule has 5 unspecified atom stereocenters. The monoisotopic (exact) mass is 497 g/mol. The minimum atomic E-state index is -0.333. The third kappa shape index (κ3) is 4.72. The van der Waals surface area contributed by atoms with Gasteiger partial charge in [-0.25, -0.2) is 0 Å². The number of carbonyl (C=O) groups excluding carboxylic acids is 1. The van der Waals surface area contributed by atoms with Crippen molar-refractivity contribution >= 4 is 34.3 Å². The molecular weight excluding hydrogens is 462 g/mol. The fourth-order valence-electron chi connectivity index (χ4n) is 6.05. The number of fused-ring (bicyclic) bond motifs is 5.